The van der Waals surface area contributed by atoms with E-state index in [1.54, 1.807) is 6.08 Å². The van der Waals surface area contributed by atoms with Gasteiger partial charge in [-0.2, -0.15) is 4.98 Å². The topological polar surface area (TPSA) is 136 Å². The highest BCUT2D eigenvalue weighted by atomic mass is 35.5. The van der Waals surface area contributed by atoms with Crippen LogP contribution in [-0.4, -0.2) is 74.0 Å². The summed E-state index contributed by atoms with van der Waals surface area (Å²) in [6.07, 6.45) is 5.18. The number of halogens is 3. The number of fused-ring (bicyclic) bond motifs is 1. The van der Waals surface area contributed by atoms with Gasteiger partial charge in [-0.3, -0.25) is 9.69 Å². The maximum Gasteiger partial charge on any atom is 0.328 e. The summed E-state index contributed by atoms with van der Waals surface area (Å²) >= 11 is 5.80. The number of pyridine rings is 1. The van der Waals surface area contributed by atoms with Crippen LogP contribution in [0.5, 0.6) is 11.8 Å². The first-order valence-electron chi connectivity index (χ1n) is 14.9. The quantitative estimate of drug-likeness (QED) is 0.154. The van der Waals surface area contributed by atoms with Crippen LogP contribution in [0.15, 0.2) is 54.6 Å². The number of benzene rings is 2. The SMILES string of the molecule is O=C(O)/C=C/c1ccc2nc(CN3CCC(Oc4ccc(F)c(OCc5ccc(Cl)cc5F)n4)CC3)n(C[C@@H]3CCO3)c2c1.O=CO. The standard InChI is InChI=1S/C32H31ClF2N4O5.CH2O2/c33-22-4-3-21(26(35)16-22)19-43-32-25(34)5-7-30(37-32)44-23-9-12-38(13-10-23)18-29-36-27-6-1-20(2-8-31(40)41)15-28(27)39(29)17-24-11-14-42-24;2-1-3/h1-8,15-16,23-24H,9-14,17-19H2,(H,40,41);1H,(H,2,3)/b8-2+;/t24-;/m0./s1. The van der Waals surface area contributed by atoms with Gasteiger partial charge in [0.1, 0.15) is 24.4 Å². The third-order valence-electron chi connectivity index (χ3n) is 7.80. The van der Waals surface area contributed by atoms with Gasteiger partial charge in [0.05, 0.1) is 30.2 Å². The fourth-order valence-corrected chi connectivity index (χ4v) is 5.49. The van der Waals surface area contributed by atoms with Gasteiger partial charge in [0, 0.05) is 42.4 Å². The zero-order valence-electron chi connectivity index (χ0n) is 25.2. The fourth-order valence-electron chi connectivity index (χ4n) is 5.33. The van der Waals surface area contributed by atoms with E-state index < -0.39 is 17.6 Å². The molecule has 2 aromatic heterocycles. The number of aliphatic carboxylic acids is 1. The lowest BCUT2D eigenvalue weighted by Gasteiger charge is -2.32. The summed E-state index contributed by atoms with van der Waals surface area (Å²) in [6.45, 7) is 3.16. The highest BCUT2D eigenvalue weighted by Gasteiger charge is 2.26. The van der Waals surface area contributed by atoms with E-state index in [4.69, 9.17) is 45.8 Å². The molecule has 0 saturated carbocycles. The molecular weight excluding hydrogens is 638 g/mol. The van der Waals surface area contributed by atoms with Gasteiger partial charge in [0.25, 0.3) is 12.4 Å². The minimum Gasteiger partial charge on any atom is -0.483 e. The van der Waals surface area contributed by atoms with Gasteiger partial charge in [-0.05, 0) is 61.2 Å². The van der Waals surface area contributed by atoms with Crippen LogP contribution < -0.4 is 9.47 Å². The molecule has 0 unspecified atom stereocenters. The van der Waals surface area contributed by atoms with E-state index in [0.29, 0.717) is 13.1 Å². The van der Waals surface area contributed by atoms with Gasteiger partial charge in [0.15, 0.2) is 5.82 Å². The molecule has 248 valence electrons. The molecule has 2 N–H and O–H groups in total. The van der Waals surface area contributed by atoms with Crippen LogP contribution >= 0.6 is 11.6 Å². The number of imidazole rings is 1. The monoisotopic (exact) mass is 670 g/mol. The van der Waals surface area contributed by atoms with Crippen molar-refractivity contribution in [2.45, 2.75) is 51.2 Å². The Morgan fingerprint density at radius 2 is 1.83 bits per heavy atom. The van der Waals surface area contributed by atoms with Crippen molar-refractivity contribution in [1.29, 1.82) is 0 Å². The van der Waals surface area contributed by atoms with Gasteiger partial charge in [-0.1, -0.05) is 23.7 Å². The number of nitrogens with zero attached hydrogens (tertiary/aromatic N) is 4. The predicted molar refractivity (Wildman–Crippen MR) is 168 cm³/mol. The lowest BCUT2D eigenvalue weighted by molar-refractivity contribution is -0.131. The minimum absolute atomic E-state index is 0.114. The lowest BCUT2D eigenvalue weighted by atomic mass is 10.1. The Morgan fingerprint density at radius 3 is 2.51 bits per heavy atom. The Hall–Kier alpha value is -4.59. The number of rotatable bonds is 11. The van der Waals surface area contributed by atoms with E-state index in [2.05, 4.69) is 14.5 Å². The highest BCUT2D eigenvalue weighted by molar-refractivity contribution is 6.30. The van der Waals surface area contributed by atoms with E-state index in [1.807, 2.05) is 18.2 Å². The number of aromatic nitrogens is 3. The molecule has 0 spiro atoms. The summed E-state index contributed by atoms with van der Waals surface area (Å²) in [4.78, 5) is 30.8. The Kier molecular flexibility index (Phi) is 11.4. The van der Waals surface area contributed by atoms with E-state index >= 15 is 0 Å². The average molecular weight is 671 g/mol. The van der Waals surface area contributed by atoms with Crippen molar-refractivity contribution in [2.24, 2.45) is 0 Å². The molecule has 1 atom stereocenters. The van der Waals surface area contributed by atoms with Crippen LogP contribution in [0.2, 0.25) is 5.02 Å². The van der Waals surface area contributed by atoms with Crippen LogP contribution in [0, 0.1) is 11.6 Å². The number of carboxylic acids is 1. The normalized spacial score (nSPS) is 16.8. The Bertz CT molecular complexity index is 1740. The predicted octanol–water partition coefficient (Wildman–Crippen LogP) is 5.57. The van der Waals surface area contributed by atoms with Gasteiger partial charge in [0.2, 0.25) is 5.88 Å². The Balaban J connectivity index is 0.00000139. The van der Waals surface area contributed by atoms with Crippen molar-refractivity contribution >= 4 is 41.2 Å². The molecule has 6 rings (SSSR count). The van der Waals surface area contributed by atoms with E-state index in [0.717, 1.165) is 67.5 Å². The summed E-state index contributed by atoms with van der Waals surface area (Å²) in [5, 5.41) is 16.2. The van der Waals surface area contributed by atoms with Crippen molar-refractivity contribution < 1.29 is 42.8 Å². The lowest BCUT2D eigenvalue weighted by Crippen LogP contribution is -2.39. The number of hydrogen-bond donors (Lipinski definition) is 2. The number of likely N-dealkylation sites (tertiary alicyclic amines) is 1. The van der Waals surface area contributed by atoms with Crippen LogP contribution in [-0.2, 0) is 34.0 Å². The molecule has 2 aliphatic rings. The number of piperidine rings is 1. The van der Waals surface area contributed by atoms with Crippen LogP contribution in [0.25, 0.3) is 17.1 Å². The molecule has 4 heterocycles. The molecule has 0 bridgehead atoms. The van der Waals surface area contributed by atoms with Crippen LogP contribution in [0.3, 0.4) is 0 Å². The van der Waals surface area contributed by atoms with E-state index in [9.17, 15) is 13.6 Å². The van der Waals surface area contributed by atoms with Crippen molar-refractivity contribution in [3.8, 4) is 11.8 Å². The summed E-state index contributed by atoms with van der Waals surface area (Å²) in [7, 11) is 0. The number of carbonyl (C=O) groups is 2. The van der Waals surface area contributed by atoms with Crippen molar-refractivity contribution in [1.82, 2.24) is 19.4 Å². The first-order chi connectivity index (χ1) is 22.7. The molecule has 2 aliphatic heterocycles. The van der Waals surface area contributed by atoms with E-state index in [1.165, 1.54) is 30.3 Å². The summed E-state index contributed by atoms with van der Waals surface area (Å²) in [5.41, 5.74) is 2.82. The van der Waals surface area contributed by atoms with Crippen molar-refractivity contribution in [2.75, 3.05) is 19.7 Å². The summed E-state index contributed by atoms with van der Waals surface area (Å²) in [5.74, 6) is -1.29. The molecule has 11 nitrogen and oxygen atoms in total. The molecule has 2 aromatic carbocycles. The summed E-state index contributed by atoms with van der Waals surface area (Å²) < 4.78 is 47.9. The maximum absolute atomic E-state index is 14.4. The molecule has 0 aliphatic carbocycles. The minimum atomic E-state index is -0.996. The molecule has 14 heteroatoms. The third kappa shape index (κ3) is 9.03. The second-order valence-corrected chi connectivity index (χ2v) is 11.4. The van der Waals surface area contributed by atoms with Crippen LogP contribution in [0.1, 0.15) is 36.2 Å². The summed E-state index contributed by atoms with van der Waals surface area (Å²) in [6, 6.07) is 12.6. The van der Waals surface area contributed by atoms with Gasteiger partial charge < -0.3 is 29.0 Å². The van der Waals surface area contributed by atoms with Crippen molar-refractivity contribution in [3.05, 3.63) is 88.2 Å². The largest absolute Gasteiger partial charge is 0.483 e. The van der Waals surface area contributed by atoms with Crippen molar-refractivity contribution in [3.63, 3.8) is 0 Å². The third-order valence-corrected chi connectivity index (χ3v) is 8.04. The highest BCUT2D eigenvalue weighted by Crippen LogP contribution is 2.27. The molecular formula is C33H33ClF2N4O7. The first kappa shape index (κ1) is 33.8. The Labute approximate surface area is 274 Å². The molecule has 2 fully saturated rings. The molecule has 0 amide bonds. The van der Waals surface area contributed by atoms with Gasteiger partial charge in [-0.25, -0.2) is 18.6 Å². The zero-order valence-corrected chi connectivity index (χ0v) is 26.0. The molecule has 47 heavy (non-hydrogen) atoms. The molecule has 0 radical (unpaired) electrons. The smallest absolute Gasteiger partial charge is 0.328 e. The van der Waals surface area contributed by atoms with Gasteiger partial charge >= 0.3 is 5.97 Å². The first-order valence-corrected chi connectivity index (χ1v) is 15.3. The average Bonchev–Trinajstić information content (AvgIpc) is 3.36. The fraction of sp³-hybridized carbons (Fsp3) is 0.333. The number of hydrogen-bond acceptors (Lipinski definition) is 8. The number of ether oxygens (including phenoxy) is 3. The maximum atomic E-state index is 14.4. The van der Waals surface area contributed by atoms with E-state index in [-0.39, 0.29) is 47.6 Å². The second kappa shape index (κ2) is 15.8. The second-order valence-electron chi connectivity index (χ2n) is 11.0. The zero-order chi connectivity index (χ0) is 33.3. The molecule has 4 aromatic rings. The molecule has 2 saturated heterocycles. The Morgan fingerprint density at radius 1 is 1.06 bits per heavy atom. The van der Waals surface area contributed by atoms with Gasteiger partial charge in [-0.15, -0.1) is 0 Å². The number of carboxylic acid groups (broad SMARTS) is 2. The van der Waals surface area contributed by atoms with Crippen LogP contribution in [0.4, 0.5) is 8.78 Å².